The van der Waals surface area contributed by atoms with Gasteiger partial charge in [0.1, 0.15) is 24.6 Å². The topological polar surface area (TPSA) is 90.7 Å². The molecule has 118 valence electrons. The van der Waals surface area contributed by atoms with E-state index in [1.807, 2.05) is 13.8 Å². The van der Waals surface area contributed by atoms with Crippen LogP contribution in [0.15, 0.2) is 10.7 Å². The Morgan fingerprint density at radius 3 is 2.48 bits per heavy atom. The van der Waals surface area contributed by atoms with Crippen LogP contribution < -0.4 is 5.32 Å². The minimum Gasteiger partial charge on any atom is -0.467 e. The summed E-state index contributed by atoms with van der Waals surface area (Å²) in [4.78, 5) is 27.4. The molecule has 21 heavy (non-hydrogen) atoms. The molecule has 1 aromatic heterocycles. The van der Waals surface area contributed by atoms with Crippen molar-refractivity contribution in [3.8, 4) is 0 Å². The van der Waals surface area contributed by atoms with Crippen LogP contribution in [0.2, 0.25) is 0 Å². The number of ether oxygens (including phenoxy) is 2. The third kappa shape index (κ3) is 5.09. The summed E-state index contributed by atoms with van der Waals surface area (Å²) in [7, 11) is 1.27. The number of esters is 1. The van der Waals surface area contributed by atoms with Crippen molar-refractivity contribution in [1.29, 1.82) is 0 Å². The molecule has 0 unspecified atom stereocenters. The van der Waals surface area contributed by atoms with Crippen LogP contribution in [0.4, 0.5) is 4.79 Å². The van der Waals surface area contributed by atoms with Gasteiger partial charge in [0.2, 0.25) is 0 Å². The zero-order valence-corrected chi connectivity index (χ0v) is 13.0. The van der Waals surface area contributed by atoms with Crippen LogP contribution in [-0.2, 0) is 20.9 Å². The minimum atomic E-state index is -0.744. The third-order valence-corrected chi connectivity index (χ3v) is 2.81. The second kappa shape index (κ2) is 7.66. The molecule has 1 atom stereocenters. The lowest BCUT2D eigenvalue weighted by Crippen LogP contribution is -2.45. The monoisotopic (exact) mass is 298 g/mol. The molecule has 7 nitrogen and oxygen atoms in total. The first kappa shape index (κ1) is 17.0. The van der Waals surface area contributed by atoms with Crippen LogP contribution in [0.5, 0.6) is 0 Å². The van der Waals surface area contributed by atoms with Gasteiger partial charge in [-0.25, -0.2) is 14.6 Å². The minimum absolute atomic E-state index is 0.0198. The predicted molar refractivity (Wildman–Crippen MR) is 74.6 cm³/mol. The largest absolute Gasteiger partial charge is 0.467 e. The number of hydrogen-bond acceptors (Lipinski definition) is 6. The number of nitrogens with zero attached hydrogens (tertiary/aromatic N) is 1. The van der Waals surface area contributed by atoms with Gasteiger partial charge in [0.05, 0.1) is 7.11 Å². The first-order valence-electron chi connectivity index (χ1n) is 6.80. The molecule has 0 radical (unpaired) electrons. The first-order chi connectivity index (χ1) is 9.85. The fourth-order valence-electron chi connectivity index (χ4n) is 1.59. The number of nitrogens with one attached hydrogen (secondary N) is 1. The van der Waals surface area contributed by atoms with Crippen molar-refractivity contribution in [2.24, 2.45) is 5.92 Å². The molecule has 1 amide bonds. The lowest BCUT2D eigenvalue weighted by Gasteiger charge is -2.19. The summed E-state index contributed by atoms with van der Waals surface area (Å²) in [6.45, 7) is 7.48. The van der Waals surface area contributed by atoms with E-state index in [0.29, 0.717) is 11.6 Å². The highest BCUT2D eigenvalue weighted by atomic mass is 16.6. The Balaban J connectivity index is 2.50. The Labute approximate surface area is 124 Å². The van der Waals surface area contributed by atoms with Gasteiger partial charge < -0.3 is 19.2 Å². The van der Waals surface area contributed by atoms with Crippen LogP contribution in [0.3, 0.4) is 0 Å². The lowest BCUT2D eigenvalue weighted by atomic mass is 10.1. The van der Waals surface area contributed by atoms with Gasteiger partial charge in [-0.3, -0.25) is 0 Å². The van der Waals surface area contributed by atoms with Crippen molar-refractivity contribution in [2.75, 3.05) is 7.11 Å². The Hall–Kier alpha value is -2.05. The number of hydrogen-bond donors (Lipinski definition) is 1. The number of carbonyl (C=O) groups excluding carboxylic acids is 2. The van der Waals surface area contributed by atoms with Crippen molar-refractivity contribution in [2.45, 2.75) is 46.3 Å². The normalized spacial score (nSPS) is 12.3. The van der Waals surface area contributed by atoms with E-state index in [1.165, 1.54) is 13.4 Å². The molecule has 0 aromatic carbocycles. The Morgan fingerprint density at radius 1 is 1.33 bits per heavy atom. The average molecular weight is 298 g/mol. The molecule has 0 aliphatic rings. The van der Waals surface area contributed by atoms with Crippen LogP contribution in [0.25, 0.3) is 0 Å². The SMILES string of the molecule is COC(=O)[C@@H](NC(=O)OCc1coc(C(C)C)n1)C(C)C. The van der Waals surface area contributed by atoms with Crippen molar-refractivity contribution >= 4 is 12.1 Å². The third-order valence-electron chi connectivity index (χ3n) is 2.81. The number of amides is 1. The van der Waals surface area contributed by atoms with Gasteiger partial charge >= 0.3 is 12.1 Å². The van der Waals surface area contributed by atoms with Gasteiger partial charge in [-0.15, -0.1) is 0 Å². The van der Waals surface area contributed by atoms with E-state index in [2.05, 4.69) is 15.0 Å². The number of oxazole rings is 1. The summed E-state index contributed by atoms with van der Waals surface area (Å²) in [5.74, 6) is 0.135. The van der Waals surface area contributed by atoms with Gasteiger partial charge in [-0.2, -0.15) is 0 Å². The van der Waals surface area contributed by atoms with Gasteiger partial charge in [0.15, 0.2) is 5.89 Å². The summed E-state index contributed by atoms with van der Waals surface area (Å²) in [5, 5.41) is 2.47. The molecule has 1 N–H and O–H groups in total. The van der Waals surface area contributed by atoms with Crippen LogP contribution in [-0.4, -0.2) is 30.2 Å². The van der Waals surface area contributed by atoms with Crippen molar-refractivity contribution < 1.29 is 23.5 Å². The number of methoxy groups -OCH3 is 1. The number of aromatic nitrogens is 1. The molecule has 1 rings (SSSR count). The summed E-state index contributed by atoms with van der Waals surface area (Å²) < 4.78 is 14.9. The van der Waals surface area contributed by atoms with Gasteiger partial charge in [0, 0.05) is 5.92 Å². The summed E-state index contributed by atoms with van der Waals surface area (Å²) in [5.41, 5.74) is 0.521. The van der Waals surface area contributed by atoms with Crippen molar-refractivity contribution in [3.63, 3.8) is 0 Å². The maximum absolute atomic E-state index is 11.7. The Kier molecular flexibility index (Phi) is 6.20. The van der Waals surface area contributed by atoms with E-state index in [1.54, 1.807) is 13.8 Å². The number of carbonyl (C=O) groups is 2. The van der Waals surface area contributed by atoms with Gasteiger partial charge in [0.25, 0.3) is 0 Å². The van der Waals surface area contributed by atoms with Gasteiger partial charge in [-0.05, 0) is 5.92 Å². The highest BCUT2D eigenvalue weighted by molar-refractivity contribution is 5.81. The molecule has 0 aliphatic heterocycles. The average Bonchev–Trinajstić information content (AvgIpc) is 2.90. The molecule has 0 saturated heterocycles. The molecule has 0 saturated carbocycles. The summed E-state index contributed by atoms with van der Waals surface area (Å²) in [6, 6.07) is -0.744. The molecule has 0 spiro atoms. The number of alkyl carbamates (subject to hydrolysis) is 1. The summed E-state index contributed by atoms with van der Waals surface area (Å²) >= 11 is 0. The van der Waals surface area contributed by atoms with E-state index >= 15 is 0 Å². The van der Waals surface area contributed by atoms with Crippen molar-refractivity contribution in [3.05, 3.63) is 17.8 Å². The predicted octanol–water partition coefficient (Wildman–Crippen LogP) is 2.22. The Morgan fingerprint density at radius 2 is 2.00 bits per heavy atom. The van der Waals surface area contributed by atoms with Gasteiger partial charge in [-0.1, -0.05) is 27.7 Å². The molecule has 1 aromatic rings. The van der Waals surface area contributed by atoms with E-state index in [0.717, 1.165) is 0 Å². The Bertz CT molecular complexity index is 481. The van der Waals surface area contributed by atoms with Crippen molar-refractivity contribution in [1.82, 2.24) is 10.3 Å². The quantitative estimate of drug-likeness (QED) is 0.810. The summed E-state index contributed by atoms with van der Waals surface area (Å²) in [6.07, 6.45) is 0.747. The maximum Gasteiger partial charge on any atom is 0.408 e. The highest BCUT2D eigenvalue weighted by Gasteiger charge is 2.25. The van der Waals surface area contributed by atoms with Crippen LogP contribution in [0.1, 0.15) is 45.2 Å². The molecule has 0 aliphatic carbocycles. The fourth-order valence-corrected chi connectivity index (χ4v) is 1.59. The lowest BCUT2D eigenvalue weighted by molar-refractivity contribution is -0.144. The zero-order valence-electron chi connectivity index (χ0n) is 13.0. The second-order valence-corrected chi connectivity index (χ2v) is 5.30. The molecule has 7 heteroatoms. The first-order valence-corrected chi connectivity index (χ1v) is 6.80. The van der Waals surface area contributed by atoms with Crippen LogP contribution in [0, 0.1) is 5.92 Å². The smallest absolute Gasteiger partial charge is 0.408 e. The maximum atomic E-state index is 11.7. The molecule has 0 bridgehead atoms. The molecule has 0 fully saturated rings. The highest BCUT2D eigenvalue weighted by Crippen LogP contribution is 2.13. The van der Waals surface area contributed by atoms with Crippen LogP contribution >= 0.6 is 0 Å². The number of rotatable bonds is 6. The van der Waals surface area contributed by atoms with E-state index < -0.39 is 18.1 Å². The molecular weight excluding hydrogens is 276 g/mol. The van der Waals surface area contributed by atoms with E-state index in [9.17, 15) is 9.59 Å². The van der Waals surface area contributed by atoms with E-state index in [-0.39, 0.29) is 18.4 Å². The zero-order chi connectivity index (χ0) is 16.0. The van der Waals surface area contributed by atoms with E-state index in [4.69, 9.17) is 9.15 Å². The second-order valence-electron chi connectivity index (χ2n) is 5.30. The fraction of sp³-hybridized carbons (Fsp3) is 0.643. The molecule has 1 heterocycles. The molecular formula is C14H22N2O5. The standard InChI is InChI=1S/C14H22N2O5/c1-8(2)11(13(17)19-5)16-14(18)21-7-10-6-20-12(15-10)9(3)4/h6,8-9,11H,7H2,1-5H3,(H,16,18)/t11-/m0/s1.